The van der Waals surface area contributed by atoms with E-state index in [-0.39, 0.29) is 6.04 Å². The number of nitrogens with one attached hydrogen (secondary N) is 1. The standard InChI is InChI=1S/C12H18N4O/c1-4-16-8-14-15-12(16)7-13-10(3)11-6-5-9(2)17-11/h5-6,8,10,13H,4,7H2,1-3H3. The first-order valence-corrected chi connectivity index (χ1v) is 5.87. The highest BCUT2D eigenvalue weighted by Gasteiger charge is 2.10. The Kier molecular flexibility index (Phi) is 3.58. The molecule has 1 unspecified atom stereocenters. The molecule has 0 bridgehead atoms. The van der Waals surface area contributed by atoms with Gasteiger partial charge in [-0.2, -0.15) is 0 Å². The molecular weight excluding hydrogens is 216 g/mol. The average molecular weight is 234 g/mol. The topological polar surface area (TPSA) is 55.9 Å². The zero-order valence-electron chi connectivity index (χ0n) is 10.5. The van der Waals surface area contributed by atoms with E-state index < -0.39 is 0 Å². The summed E-state index contributed by atoms with van der Waals surface area (Å²) in [5.74, 6) is 2.83. The van der Waals surface area contributed by atoms with Crippen molar-refractivity contribution in [2.24, 2.45) is 0 Å². The first-order chi connectivity index (χ1) is 8.20. The maximum atomic E-state index is 5.57. The zero-order valence-corrected chi connectivity index (χ0v) is 10.5. The molecule has 0 aliphatic carbocycles. The summed E-state index contributed by atoms with van der Waals surface area (Å²) in [5.41, 5.74) is 0. The Morgan fingerprint density at radius 1 is 1.47 bits per heavy atom. The van der Waals surface area contributed by atoms with E-state index in [1.54, 1.807) is 6.33 Å². The smallest absolute Gasteiger partial charge is 0.146 e. The number of furan rings is 1. The second-order valence-corrected chi connectivity index (χ2v) is 4.08. The van der Waals surface area contributed by atoms with E-state index in [0.717, 1.165) is 23.9 Å². The highest BCUT2D eigenvalue weighted by molar-refractivity contribution is 5.09. The Hall–Kier alpha value is -1.62. The van der Waals surface area contributed by atoms with Gasteiger partial charge in [-0.05, 0) is 32.9 Å². The van der Waals surface area contributed by atoms with Gasteiger partial charge in [-0.3, -0.25) is 0 Å². The molecule has 0 aliphatic heterocycles. The average Bonchev–Trinajstić information content (AvgIpc) is 2.94. The molecule has 5 heteroatoms. The van der Waals surface area contributed by atoms with Gasteiger partial charge in [0.05, 0.1) is 12.6 Å². The summed E-state index contributed by atoms with van der Waals surface area (Å²) >= 11 is 0. The summed E-state index contributed by atoms with van der Waals surface area (Å²) in [6.45, 7) is 7.67. The van der Waals surface area contributed by atoms with E-state index in [1.807, 2.05) is 23.6 Å². The van der Waals surface area contributed by atoms with Crippen LogP contribution in [0.5, 0.6) is 0 Å². The maximum absolute atomic E-state index is 5.57. The predicted octanol–water partition coefficient (Wildman–Crippen LogP) is 2.05. The second kappa shape index (κ2) is 5.14. The highest BCUT2D eigenvalue weighted by Crippen LogP contribution is 2.15. The van der Waals surface area contributed by atoms with Gasteiger partial charge in [0.1, 0.15) is 23.7 Å². The van der Waals surface area contributed by atoms with E-state index in [1.165, 1.54) is 0 Å². The third kappa shape index (κ3) is 2.74. The number of hydrogen-bond donors (Lipinski definition) is 1. The number of nitrogens with zero attached hydrogens (tertiary/aromatic N) is 3. The molecular formula is C12H18N4O. The van der Waals surface area contributed by atoms with Gasteiger partial charge < -0.3 is 14.3 Å². The Morgan fingerprint density at radius 3 is 2.94 bits per heavy atom. The minimum absolute atomic E-state index is 0.172. The second-order valence-electron chi connectivity index (χ2n) is 4.08. The van der Waals surface area contributed by atoms with Crippen LogP contribution in [0.3, 0.4) is 0 Å². The summed E-state index contributed by atoms with van der Waals surface area (Å²) in [4.78, 5) is 0. The maximum Gasteiger partial charge on any atom is 0.146 e. The largest absolute Gasteiger partial charge is 0.465 e. The zero-order chi connectivity index (χ0) is 12.3. The third-order valence-corrected chi connectivity index (χ3v) is 2.79. The molecule has 0 amide bonds. The van der Waals surface area contributed by atoms with Gasteiger partial charge in [0.25, 0.3) is 0 Å². The fourth-order valence-electron chi connectivity index (χ4n) is 1.71. The first kappa shape index (κ1) is 11.9. The van der Waals surface area contributed by atoms with Gasteiger partial charge in [-0.1, -0.05) is 0 Å². The van der Waals surface area contributed by atoms with Gasteiger partial charge >= 0.3 is 0 Å². The molecule has 0 saturated carbocycles. The van der Waals surface area contributed by atoms with Crippen molar-refractivity contribution < 1.29 is 4.42 Å². The van der Waals surface area contributed by atoms with Crippen LogP contribution in [0.1, 0.15) is 37.2 Å². The predicted molar refractivity (Wildman–Crippen MR) is 64.4 cm³/mol. The number of aryl methyl sites for hydroxylation is 2. The van der Waals surface area contributed by atoms with Crippen LogP contribution in [0.2, 0.25) is 0 Å². The van der Waals surface area contributed by atoms with E-state index in [9.17, 15) is 0 Å². The fourth-order valence-corrected chi connectivity index (χ4v) is 1.71. The lowest BCUT2D eigenvalue weighted by Gasteiger charge is -2.11. The van der Waals surface area contributed by atoms with Gasteiger partial charge in [0.2, 0.25) is 0 Å². The van der Waals surface area contributed by atoms with Crippen LogP contribution in [-0.4, -0.2) is 14.8 Å². The molecule has 0 radical (unpaired) electrons. The van der Waals surface area contributed by atoms with Crippen molar-refractivity contribution in [1.82, 2.24) is 20.1 Å². The summed E-state index contributed by atoms with van der Waals surface area (Å²) in [7, 11) is 0. The molecule has 5 nitrogen and oxygen atoms in total. The first-order valence-electron chi connectivity index (χ1n) is 5.87. The van der Waals surface area contributed by atoms with Crippen LogP contribution in [0.25, 0.3) is 0 Å². The molecule has 2 aromatic rings. The minimum atomic E-state index is 0.172. The lowest BCUT2D eigenvalue weighted by atomic mass is 10.2. The Morgan fingerprint density at radius 2 is 2.29 bits per heavy atom. The van der Waals surface area contributed by atoms with Crippen molar-refractivity contribution in [3.8, 4) is 0 Å². The molecule has 2 aromatic heterocycles. The van der Waals surface area contributed by atoms with Crippen molar-refractivity contribution in [3.05, 3.63) is 35.8 Å². The van der Waals surface area contributed by atoms with Crippen LogP contribution in [0, 0.1) is 6.92 Å². The third-order valence-electron chi connectivity index (χ3n) is 2.79. The van der Waals surface area contributed by atoms with Gasteiger partial charge in [-0.25, -0.2) is 0 Å². The van der Waals surface area contributed by atoms with Crippen molar-refractivity contribution in [1.29, 1.82) is 0 Å². The Bertz CT molecular complexity index is 474. The van der Waals surface area contributed by atoms with Crippen molar-refractivity contribution >= 4 is 0 Å². The molecule has 2 heterocycles. The highest BCUT2D eigenvalue weighted by atomic mass is 16.3. The number of rotatable bonds is 5. The van der Waals surface area contributed by atoms with Gasteiger partial charge in [-0.15, -0.1) is 10.2 Å². The molecule has 1 atom stereocenters. The summed E-state index contributed by atoms with van der Waals surface area (Å²) in [6, 6.07) is 4.14. The van der Waals surface area contributed by atoms with E-state index in [4.69, 9.17) is 4.42 Å². The Labute approximate surface area is 101 Å². The fraction of sp³-hybridized carbons (Fsp3) is 0.500. The van der Waals surface area contributed by atoms with Crippen LogP contribution < -0.4 is 5.32 Å². The number of hydrogen-bond acceptors (Lipinski definition) is 4. The van der Waals surface area contributed by atoms with Gasteiger partial charge in [0, 0.05) is 6.54 Å². The monoisotopic (exact) mass is 234 g/mol. The summed E-state index contributed by atoms with van der Waals surface area (Å²) in [5, 5.41) is 11.3. The summed E-state index contributed by atoms with van der Waals surface area (Å²) in [6.07, 6.45) is 1.75. The van der Waals surface area contributed by atoms with E-state index >= 15 is 0 Å². The molecule has 0 aliphatic rings. The van der Waals surface area contributed by atoms with Crippen molar-refractivity contribution in [2.75, 3.05) is 0 Å². The van der Waals surface area contributed by atoms with Crippen molar-refractivity contribution in [3.63, 3.8) is 0 Å². The quantitative estimate of drug-likeness (QED) is 0.860. The Balaban J connectivity index is 1.94. The minimum Gasteiger partial charge on any atom is -0.465 e. The van der Waals surface area contributed by atoms with Crippen LogP contribution >= 0.6 is 0 Å². The van der Waals surface area contributed by atoms with E-state index in [2.05, 4.69) is 29.4 Å². The SMILES string of the molecule is CCn1cnnc1CNC(C)c1ccc(C)o1. The molecule has 92 valence electrons. The number of aromatic nitrogens is 3. The molecule has 1 N–H and O–H groups in total. The summed E-state index contributed by atoms with van der Waals surface area (Å²) < 4.78 is 7.59. The molecule has 2 rings (SSSR count). The van der Waals surface area contributed by atoms with Crippen LogP contribution in [0.15, 0.2) is 22.9 Å². The molecule has 0 spiro atoms. The molecule has 17 heavy (non-hydrogen) atoms. The lowest BCUT2D eigenvalue weighted by molar-refractivity contribution is 0.410. The lowest BCUT2D eigenvalue weighted by Crippen LogP contribution is -2.20. The van der Waals surface area contributed by atoms with Crippen LogP contribution in [-0.2, 0) is 13.1 Å². The van der Waals surface area contributed by atoms with E-state index in [0.29, 0.717) is 6.54 Å². The van der Waals surface area contributed by atoms with Gasteiger partial charge in [0.15, 0.2) is 0 Å². The van der Waals surface area contributed by atoms with Crippen LogP contribution in [0.4, 0.5) is 0 Å². The normalized spacial score (nSPS) is 12.9. The molecule has 0 aromatic carbocycles. The molecule has 0 saturated heterocycles. The molecule has 0 fully saturated rings. The van der Waals surface area contributed by atoms with Crippen molar-refractivity contribution in [2.45, 2.75) is 39.9 Å².